The number of hydrogen-bond donors (Lipinski definition) is 0. The van der Waals surface area contributed by atoms with E-state index in [-0.39, 0.29) is 19.5 Å². The zero-order chi connectivity index (χ0) is 15.8. The molecule has 0 spiro atoms. The highest BCUT2D eigenvalue weighted by atomic mass is 28.3. The van der Waals surface area contributed by atoms with E-state index in [4.69, 9.17) is 8.85 Å². The van der Waals surface area contributed by atoms with E-state index in [1.165, 1.54) is 69.9 Å². The Labute approximate surface area is 138 Å². The van der Waals surface area contributed by atoms with Gasteiger partial charge in [0.05, 0.1) is 0 Å². The van der Waals surface area contributed by atoms with E-state index in [0.717, 1.165) is 0 Å². The molecule has 4 heteroatoms. The summed E-state index contributed by atoms with van der Waals surface area (Å²) < 4.78 is 12.3. The van der Waals surface area contributed by atoms with Gasteiger partial charge in [0.1, 0.15) is 0 Å². The zero-order valence-corrected chi connectivity index (χ0v) is 18.0. The van der Waals surface area contributed by atoms with Crippen LogP contribution < -0.4 is 0 Å². The molecule has 2 nitrogen and oxygen atoms in total. The third-order valence-electron chi connectivity index (χ3n) is 4.17. The van der Waals surface area contributed by atoms with Crippen molar-refractivity contribution in [1.29, 1.82) is 0 Å². The number of unbranched alkanes of at least 4 members (excludes halogenated alkanes) is 4. The highest BCUT2D eigenvalue weighted by Gasteiger charge is 2.08. The van der Waals surface area contributed by atoms with Crippen LogP contribution in [0.25, 0.3) is 0 Å². The van der Waals surface area contributed by atoms with E-state index in [0.29, 0.717) is 12.2 Å². The fourth-order valence-electron chi connectivity index (χ4n) is 2.61. The second kappa shape index (κ2) is 16.7. The van der Waals surface area contributed by atoms with Gasteiger partial charge >= 0.3 is 0 Å². The van der Waals surface area contributed by atoms with Gasteiger partial charge in [-0.1, -0.05) is 66.2 Å². The van der Waals surface area contributed by atoms with Crippen molar-refractivity contribution in [3.63, 3.8) is 0 Å². The zero-order valence-electron chi connectivity index (χ0n) is 15.2. The third kappa shape index (κ3) is 13.7. The first kappa shape index (κ1) is 21.4. The van der Waals surface area contributed by atoms with Crippen LogP contribution in [-0.4, -0.2) is 31.7 Å². The summed E-state index contributed by atoms with van der Waals surface area (Å²) in [5.41, 5.74) is 1.31. The van der Waals surface area contributed by atoms with Gasteiger partial charge in [-0.15, -0.1) is 0 Å². The summed E-state index contributed by atoms with van der Waals surface area (Å²) in [7, 11) is -0.638. The van der Waals surface area contributed by atoms with E-state index in [1.54, 1.807) is 0 Å². The predicted octanol–water partition coefficient (Wildman–Crippen LogP) is 4.28. The van der Waals surface area contributed by atoms with Gasteiger partial charge in [-0.05, 0) is 31.4 Å². The molecule has 0 aromatic rings. The summed E-state index contributed by atoms with van der Waals surface area (Å²) in [6.45, 7) is 9.06. The molecule has 0 aliphatic rings. The predicted molar refractivity (Wildman–Crippen MR) is 101 cm³/mol. The molecule has 2 unspecified atom stereocenters. The Bertz CT molecular complexity index is 183. The third-order valence-corrected chi connectivity index (χ3v) is 7.89. The minimum Gasteiger partial charge on any atom is -0.421 e. The van der Waals surface area contributed by atoms with Crippen LogP contribution in [0.15, 0.2) is 0 Å². The van der Waals surface area contributed by atoms with Gasteiger partial charge in [0.2, 0.25) is 0 Å². The molecule has 0 saturated heterocycles. The van der Waals surface area contributed by atoms with Crippen molar-refractivity contribution in [1.82, 2.24) is 0 Å². The summed E-state index contributed by atoms with van der Waals surface area (Å²) in [6, 6.07) is 0. The number of hydrogen-bond acceptors (Lipinski definition) is 2. The van der Waals surface area contributed by atoms with Crippen molar-refractivity contribution in [3.8, 4) is 0 Å². The lowest BCUT2D eigenvalue weighted by atomic mass is 10.1. The first-order chi connectivity index (χ1) is 10.3. The Morgan fingerprint density at radius 2 is 1.10 bits per heavy atom. The van der Waals surface area contributed by atoms with Crippen LogP contribution in [0.1, 0.15) is 91.9 Å². The topological polar surface area (TPSA) is 18.5 Å². The van der Waals surface area contributed by atoms with Crippen LogP contribution in [-0.2, 0) is 8.85 Å². The molecule has 21 heavy (non-hydrogen) atoms. The quantitative estimate of drug-likeness (QED) is 0.310. The van der Waals surface area contributed by atoms with Crippen molar-refractivity contribution in [2.45, 2.75) is 110 Å². The maximum atomic E-state index is 6.15. The Balaban J connectivity index is 3.53. The first-order valence-electron chi connectivity index (χ1n) is 9.51. The molecule has 0 aromatic carbocycles. The largest absolute Gasteiger partial charge is 0.421 e. The summed E-state index contributed by atoms with van der Waals surface area (Å²) in [4.78, 5) is 0. The van der Waals surface area contributed by atoms with E-state index in [1.807, 2.05) is 0 Å². The lowest BCUT2D eigenvalue weighted by Gasteiger charge is -2.18. The molecule has 0 rings (SSSR count). The summed E-state index contributed by atoms with van der Waals surface area (Å²) >= 11 is 0. The Kier molecular flexibility index (Phi) is 17.0. The average molecular weight is 333 g/mol. The molecular weight excluding hydrogens is 292 g/mol. The lowest BCUT2D eigenvalue weighted by molar-refractivity contribution is 0.185. The molecular formula is C17H40O2Si2. The summed E-state index contributed by atoms with van der Waals surface area (Å²) in [5, 5.41) is 0. The van der Waals surface area contributed by atoms with Crippen molar-refractivity contribution >= 4 is 19.5 Å². The molecule has 0 fully saturated rings. The minimum absolute atomic E-state index is 0.319. The Morgan fingerprint density at radius 1 is 0.667 bits per heavy atom. The van der Waals surface area contributed by atoms with Crippen LogP contribution in [0, 0.1) is 0 Å². The molecule has 128 valence electrons. The van der Waals surface area contributed by atoms with E-state index >= 15 is 0 Å². The Morgan fingerprint density at radius 3 is 1.43 bits per heavy atom. The standard InChI is InChI=1S/C17H40O2Si2/c1-5-9-11-13-16(7-3)18-20-15-21-19-17(8-4)14-12-10-6-2/h16-17H,5-15,20-21H2,1-4H3. The molecule has 0 amide bonds. The van der Waals surface area contributed by atoms with Gasteiger partial charge in [-0.25, -0.2) is 0 Å². The van der Waals surface area contributed by atoms with Crippen molar-refractivity contribution in [2.24, 2.45) is 0 Å². The molecule has 0 N–H and O–H groups in total. The van der Waals surface area contributed by atoms with Crippen LogP contribution in [0.4, 0.5) is 0 Å². The smallest absolute Gasteiger partial charge is 0.161 e. The first-order valence-corrected chi connectivity index (χ1v) is 12.7. The van der Waals surface area contributed by atoms with E-state index < -0.39 is 0 Å². The molecule has 2 atom stereocenters. The normalized spacial score (nSPS) is 15.4. The highest BCUT2D eigenvalue weighted by molar-refractivity contribution is 6.48. The average Bonchev–Trinajstić information content (AvgIpc) is 2.51. The second-order valence-corrected chi connectivity index (χ2v) is 10.5. The second-order valence-electron chi connectivity index (χ2n) is 6.15. The van der Waals surface area contributed by atoms with Crippen molar-refractivity contribution in [2.75, 3.05) is 0 Å². The molecule has 0 aliphatic carbocycles. The van der Waals surface area contributed by atoms with Crippen LogP contribution in [0.5, 0.6) is 0 Å². The van der Waals surface area contributed by atoms with Crippen LogP contribution >= 0.6 is 0 Å². The maximum Gasteiger partial charge on any atom is 0.161 e. The fraction of sp³-hybridized carbons (Fsp3) is 1.00. The van der Waals surface area contributed by atoms with Crippen LogP contribution in [0.2, 0.25) is 5.67 Å². The van der Waals surface area contributed by atoms with E-state index in [9.17, 15) is 0 Å². The molecule has 0 heterocycles. The van der Waals surface area contributed by atoms with Crippen molar-refractivity contribution in [3.05, 3.63) is 0 Å². The molecule has 0 aliphatic heterocycles. The lowest BCUT2D eigenvalue weighted by Crippen LogP contribution is -2.19. The van der Waals surface area contributed by atoms with Crippen molar-refractivity contribution < 1.29 is 8.85 Å². The van der Waals surface area contributed by atoms with Gasteiger partial charge in [-0.3, -0.25) is 0 Å². The summed E-state index contributed by atoms with van der Waals surface area (Å²) in [5.74, 6) is 0. The highest BCUT2D eigenvalue weighted by Crippen LogP contribution is 2.11. The minimum atomic E-state index is -0.319. The molecule has 0 bridgehead atoms. The van der Waals surface area contributed by atoms with Gasteiger partial charge in [0, 0.05) is 12.2 Å². The maximum absolute atomic E-state index is 6.15. The molecule has 0 saturated carbocycles. The van der Waals surface area contributed by atoms with Gasteiger partial charge in [0.15, 0.2) is 19.5 Å². The van der Waals surface area contributed by atoms with Gasteiger partial charge < -0.3 is 8.85 Å². The molecule has 0 radical (unpaired) electrons. The fourth-order valence-corrected chi connectivity index (χ4v) is 5.89. The molecule has 0 aromatic heterocycles. The number of rotatable bonds is 16. The van der Waals surface area contributed by atoms with Crippen LogP contribution in [0.3, 0.4) is 0 Å². The van der Waals surface area contributed by atoms with Gasteiger partial charge in [0.25, 0.3) is 0 Å². The Hall–Kier alpha value is 0.354. The SMILES string of the molecule is CCCCCC(CC)O[SiH2]C[SiH2]OC(CC)CCCCC. The van der Waals surface area contributed by atoms with E-state index in [2.05, 4.69) is 27.7 Å². The summed E-state index contributed by atoms with van der Waals surface area (Å²) in [6.07, 6.45) is 14.0. The van der Waals surface area contributed by atoms with Gasteiger partial charge in [-0.2, -0.15) is 0 Å². The monoisotopic (exact) mass is 332 g/mol.